The van der Waals surface area contributed by atoms with Gasteiger partial charge in [0.15, 0.2) is 0 Å². The molecule has 0 saturated heterocycles. The molecule has 0 bridgehead atoms. The molecule has 1 aromatic heterocycles. The number of nitrogens with zero attached hydrogens (tertiary/aromatic N) is 2. The smallest absolute Gasteiger partial charge is 0.279 e. The molecule has 16 heavy (non-hydrogen) atoms. The van der Waals surface area contributed by atoms with Gasteiger partial charge in [0.05, 0.1) is 19.3 Å². The van der Waals surface area contributed by atoms with Crippen LogP contribution in [0.1, 0.15) is 25.7 Å². The van der Waals surface area contributed by atoms with Crippen LogP contribution in [0, 0.1) is 5.21 Å². The summed E-state index contributed by atoms with van der Waals surface area (Å²) in [6.45, 7) is 0. The molecule has 1 fully saturated rings. The molecule has 1 saturated carbocycles. The number of aromatic nitrogens is 1. The summed E-state index contributed by atoms with van der Waals surface area (Å²) in [6.07, 6.45) is 5.16. The molecule has 88 valence electrons. The van der Waals surface area contributed by atoms with E-state index in [1.165, 1.54) is 6.20 Å². The van der Waals surface area contributed by atoms with E-state index < -0.39 is 0 Å². The number of anilines is 1. The van der Waals surface area contributed by atoms with Crippen LogP contribution in [0.3, 0.4) is 0 Å². The zero-order valence-corrected chi connectivity index (χ0v) is 9.54. The van der Waals surface area contributed by atoms with E-state index in [1.807, 2.05) is 18.0 Å². The maximum absolute atomic E-state index is 11.6. The van der Waals surface area contributed by atoms with Crippen LogP contribution >= 0.6 is 0 Å². The first-order valence-electron chi connectivity index (χ1n) is 5.79. The normalized spacial score (nSPS) is 25.4. The van der Waals surface area contributed by atoms with Gasteiger partial charge in [-0.15, -0.1) is 0 Å². The van der Waals surface area contributed by atoms with Gasteiger partial charge in [-0.1, -0.05) is 12.5 Å². The van der Waals surface area contributed by atoms with Crippen LogP contribution in [0.15, 0.2) is 24.4 Å². The van der Waals surface area contributed by atoms with E-state index in [2.05, 4.69) is 0 Å². The fourth-order valence-corrected chi connectivity index (χ4v) is 2.41. The average molecular weight is 222 g/mol. The highest BCUT2D eigenvalue weighted by atomic mass is 16.5. The summed E-state index contributed by atoms with van der Waals surface area (Å²) in [5.74, 6) is 0.605. The lowest BCUT2D eigenvalue weighted by Gasteiger charge is -2.32. The van der Waals surface area contributed by atoms with Crippen LogP contribution in [0.5, 0.6) is 0 Å². The topological polar surface area (TPSA) is 50.4 Å². The first kappa shape index (κ1) is 11.2. The van der Waals surface area contributed by atoms with Gasteiger partial charge in [-0.3, -0.25) is 4.90 Å². The van der Waals surface area contributed by atoms with E-state index in [0.29, 0.717) is 5.82 Å². The van der Waals surface area contributed by atoms with Gasteiger partial charge in [0.2, 0.25) is 0 Å². The van der Waals surface area contributed by atoms with Crippen molar-refractivity contribution in [3.05, 3.63) is 29.6 Å². The van der Waals surface area contributed by atoms with Gasteiger partial charge in [0, 0.05) is 6.07 Å². The molecule has 0 radical (unpaired) electrons. The standard InChI is InChI=1S/C12H18N2O2/c1-13(10-6-2-3-7-11(10)15)12-8-4-5-9-14(12)16/h4-5,8-11,15H,2-3,6-7H2,1H3. The lowest BCUT2D eigenvalue weighted by Crippen LogP contribution is -2.48. The molecule has 4 nitrogen and oxygen atoms in total. The van der Waals surface area contributed by atoms with E-state index in [0.717, 1.165) is 30.4 Å². The highest BCUT2D eigenvalue weighted by molar-refractivity contribution is 5.33. The number of pyridine rings is 1. The SMILES string of the molecule is CN(c1cccc[n+]1[O-])C1CCCCC1O. The monoisotopic (exact) mass is 222 g/mol. The fraction of sp³-hybridized carbons (Fsp3) is 0.583. The molecule has 1 aromatic rings. The predicted molar refractivity (Wildman–Crippen MR) is 62.1 cm³/mol. The van der Waals surface area contributed by atoms with Gasteiger partial charge in [-0.05, 0) is 25.3 Å². The summed E-state index contributed by atoms with van der Waals surface area (Å²) in [5.41, 5.74) is 0. The Kier molecular flexibility index (Phi) is 3.29. The van der Waals surface area contributed by atoms with Crippen molar-refractivity contribution in [2.75, 3.05) is 11.9 Å². The fourth-order valence-electron chi connectivity index (χ4n) is 2.41. The van der Waals surface area contributed by atoms with Crippen molar-refractivity contribution in [2.24, 2.45) is 0 Å². The molecular weight excluding hydrogens is 204 g/mol. The van der Waals surface area contributed by atoms with Crippen LogP contribution in [0.25, 0.3) is 0 Å². The van der Waals surface area contributed by atoms with Gasteiger partial charge in [-0.2, -0.15) is 0 Å². The molecule has 0 aliphatic heterocycles. The second kappa shape index (κ2) is 4.70. The highest BCUT2D eigenvalue weighted by Gasteiger charge is 2.32. The van der Waals surface area contributed by atoms with Crippen molar-refractivity contribution in [2.45, 2.75) is 37.8 Å². The number of aliphatic hydroxyl groups is 1. The molecule has 2 unspecified atom stereocenters. The van der Waals surface area contributed by atoms with E-state index in [4.69, 9.17) is 0 Å². The van der Waals surface area contributed by atoms with E-state index >= 15 is 0 Å². The number of hydrogen-bond donors (Lipinski definition) is 1. The van der Waals surface area contributed by atoms with Crippen molar-refractivity contribution in [1.82, 2.24) is 0 Å². The third-order valence-electron chi connectivity index (χ3n) is 3.36. The van der Waals surface area contributed by atoms with E-state index in [9.17, 15) is 10.3 Å². The van der Waals surface area contributed by atoms with Gasteiger partial charge in [0.25, 0.3) is 5.82 Å². The van der Waals surface area contributed by atoms with Crippen molar-refractivity contribution in [3.63, 3.8) is 0 Å². The molecule has 0 aromatic carbocycles. The third-order valence-corrected chi connectivity index (χ3v) is 3.36. The average Bonchev–Trinajstić information content (AvgIpc) is 2.29. The largest absolute Gasteiger partial charge is 0.711 e. The highest BCUT2D eigenvalue weighted by Crippen LogP contribution is 2.24. The molecule has 2 atom stereocenters. The Morgan fingerprint density at radius 1 is 1.38 bits per heavy atom. The molecular formula is C12H18N2O2. The quantitative estimate of drug-likeness (QED) is 0.601. The van der Waals surface area contributed by atoms with Gasteiger partial charge >= 0.3 is 0 Å². The molecule has 1 heterocycles. The van der Waals surface area contributed by atoms with Gasteiger partial charge in [0.1, 0.15) is 6.04 Å². The number of rotatable bonds is 2. The Labute approximate surface area is 95.7 Å². The summed E-state index contributed by atoms with van der Waals surface area (Å²) in [6, 6.07) is 5.40. The van der Waals surface area contributed by atoms with E-state index in [-0.39, 0.29) is 12.1 Å². The van der Waals surface area contributed by atoms with Crippen molar-refractivity contribution in [3.8, 4) is 0 Å². The minimum atomic E-state index is -0.320. The molecule has 1 N–H and O–H groups in total. The Balaban J connectivity index is 2.17. The molecule has 0 amide bonds. The first-order chi connectivity index (χ1) is 7.70. The summed E-state index contributed by atoms with van der Waals surface area (Å²) in [7, 11) is 1.88. The van der Waals surface area contributed by atoms with Crippen LogP contribution < -0.4 is 9.63 Å². The van der Waals surface area contributed by atoms with Gasteiger partial charge < -0.3 is 10.3 Å². The molecule has 1 aliphatic rings. The minimum absolute atomic E-state index is 0.0661. The number of aliphatic hydroxyl groups excluding tert-OH is 1. The second-order valence-electron chi connectivity index (χ2n) is 4.41. The molecule has 0 spiro atoms. The Hall–Kier alpha value is -1.29. The summed E-state index contributed by atoms with van der Waals surface area (Å²) in [5, 5.41) is 21.5. The van der Waals surface area contributed by atoms with E-state index in [1.54, 1.807) is 12.1 Å². The Morgan fingerprint density at radius 2 is 2.12 bits per heavy atom. The third kappa shape index (κ3) is 2.11. The van der Waals surface area contributed by atoms with Crippen LogP contribution in [-0.4, -0.2) is 24.3 Å². The maximum atomic E-state index is 11.6. The lowest BCUT2D eigenvalue weighted by molar-refractivity contribution is -0.592. The molecule has 2 rings (SSSR count). The van der Waals surface area contributed by atoms with Crippen LogP contribution in [-0.2, 0) is 0 Å². The Morgan fingerprint density at radius 3 is 2.81 bits per heavy atom. The van der Waals surface area contributed by atoms with Gasteiger partial charge in [-0.25, -0.2) is 4.73 Å². The minimum Gasteiger partial charge on any atom is -0.711 e. The second-order valence-corrected chi connectivity index (χ2v) is 4.41. The first-order valence-corrected chi connectivity index (χ1v) is 5.79. The van der Waals surface area contributed by atoms with Crippen molar-refractivity contribution < 1.29 is 9.84 Å². The summed E-state index contributed by atoms with van der Waals surface area (Å²) < 4.78 is 0.849. The number of likely N-dealkylation sites (N-methyl/N-ethyl adjacent to an activating group) is 1. The van der Waals surface area contributed by atoms with Crippen LogP contribution in [0.4, 0.5) is 5.82 Å². The van der Waals surface area contributed by atoms with Crippen molar-refractivity contribution >= 4 is 5.82 Å². The lowest BCUT2D eigenvalue weighted by atomic mass is 9.91. The zero-order valence-electron chi connectivity index (χ0n) is 9.54. The Bertz CT molecular complexity index is 357. The number of hydrogen-bond acceptors (Lipinski definition) is 3. The maximum Gasteiger partial charge on any atom is 0.279 e. The summed E-state index contributed by atoms with van der Waals surface area (Å²) >= 11 is 0. The zero-order chi connectivity index (χ0) is 11.5. The molecule has 4 heteroatoms. The predicted octanol–water partition coefficient (Wildman–Crippen LogP) is 1.06. The summed E-state index contributed by atoms with van der Waals surface area (Å²) in [4.78, 5) is 1.90. The van der Waals surface area contributed by atoms with Crippen molar-refractivity contribution in [1.29, 1.82) is 0 Å². The van der Waals surface area contributed by atoms with Crippen LogP contribution in [0.2, 0.25) is 0 Å². The molecule has 1 aliphatic carbocycles.